The van der Waals surface area contributed by atoms with Gasteiger partial charge in [-0.25, -0.2) is 4.39 Å². The van der Waals surface area contributed by atoms with Gasteiger partial charge in [0.25, 0.3) is 0 Å². The van der Waals surface area contributed by atoms with Crippen LogP contribution in [0.4, 0.5) is 4.39 Å². The molecule has 0 aromatic heterocycles. The summed E-state index contributed by atoms with van der Waals surface area (Å²) >= 11 is 0. The minimum absolute atomic E-state index is 0.269. The molecule has 0 fully saturated rings. The monoisotopic (exact) mass is 241 g/mol. The zero-order chi connectivity index (χ0) is 12.8. The second-order valence-electron chi connectivity index (χ2n) is 3.90. The van der Waals surface area contributed by atoms with Crippen LogP contribution >= 0.6 is 0 Å². The minimum Gasteiger partial charge on any atom is -0.489 e. The standard InChI is InChI=1S/C15H12FNO/c16-14-5-1-4-13(9-14)11-18-15-6-2-3-12(10-15)7-8-17/h1-6,9-10H,7,11H2. The quantitative estimate of drug-likeness (QED) is 0.821. The summed E-state index contributed by atoms with van der Waals surface area (Å²) in [5.74, 6) is 0.418. The molecule has 0 amide bonds. The van der Waals surface area contributed by atoms with Gasteiger partial charge in [0.2, 0.25) is 0 Å². The number of hydrogen-bond donors (Lipinski definition) is 0. The summed E-state index contributed by atoms with van der Waals surface area (Å²) in [7, 11) is 0. The largest absolute Gasteiger partial charge is 0.489 e. The van der Waals surface area contributed by atoms with E-state index in [2.05, 4.69) is 6.07 Å². The first-order valence-electron chi connectivity index (χ1n) is 5.61. The van der Waals surface area contributed by atoms with E-state index in [0.717, 1.165) is 11.1 Å². The van der Waals surface area contributed by atoms with Gasteiger partial charge in [-0.1, -0.05) is 24.3 Å². The van der Waals surface area contributed by atoms with E-state index in [-0.39, 0.29) is 5.82 Å². The van der Waals surface area contributed by atoms with Gasteiger partial charge in [0.15, 0.2) is 0 Å². The second-order valence-corrected chi connectivity index (χ2v) is 3.90. The van der Waals surface area contributed by atoms with Crippen LogP contribution in [0.5, 0.6) is 5.75 Å². The lowest BCUT2D eigenvalue weighted by Crippen LogP contribution is -1.96. The number of rotatable bonds is 4. The fourth-order valence-corrected chi connectivity index (χ4v) is 1.63. The normalized spacial score (nSPS) is 9.78. The van der Waals surface area contributed by atoms with Crippen LogP contribution in [0.3, 0.4) is 0 Å². The molecule has 0 N–H and O–H groups in total. The molecule has 0 atom stereocenters. The highest BCUT2D eigenvalue weighted by molar-refractivity contribution is 5.30. The highest BCUT2D eigenvalue weighted by Crippen LogP contribution is 2.15. The SMILES string of the molecule is N#CCc1cccc(OCc2cccc(F)c2)c1. The lowest BCUT2D eigenvalue weighted by molar-refractivity contribution is 0.305. The summed E-state index contributed by atoms with van der Waals surface area (Å²) in [6.45, 7) is 0.313. The molecule has 0 bridgehead atoms. The Bertz CT molecular complexity index is 575. The van der Waals surface area contributed by atoms with Crippen molar-refractivity contribution in [3.05, 3.63) is 65.5 Å². The Morgan fingerprint density at radius 1 is 1.06 bits per heavy atom. The van der Waals surface area contributed by atoms with Gasteiger partial charge in [-0.15, -0.1) is 0 Å². The number of hydrogen-bond acceptors (Lipinski definition) is 2. The maximum absolute atomic E-state index is 13.0. The lowest BCUT2D eigenvalue weighted by Gasteiger charge is -2.07. The van der Waals surface area contributed by atoms with Crippen molar-refractivity contribution in [1.82, 2.24) is 0 Å². The molecule has 2 aromatic carbocycles. The molecule has 0 radical (unpaired) electrons. The molecule has 0 aliphatic rings. The van der Waals surface area contributed by atoms with E-state index in [9.17, 15) is 4.39 Å². The van der Waals surface area contributed by atoms with Gasteiger partial charge in [0.1, 0.15) is 18.2 Å². The zero-order valence-corrected chi connectivity index (χ0v) is 9.77. The van der Waals surface area contributed by atoms with Crippen molar-refractivity contribution in [3.63, 3.8) is 0 Å². The Balaban J connectivity index is 2.02. The fraction of sp³-hybridized carbons (Fsp3) is 0.133. The second kappa shape index (κ2) is 5.83. The third-order valence-corrected chi connectivity index (χ3v) is 2.48. The molecule has 18 heavy (non-hydrogen) atoms. The van der Waals surface area contributed by atoms with Gasteiger partial charge in [0, 0.05) is 0 Å². The smallest absolute Gasteiger partial charge is 0.123 e. The number of halogens is 1. The molecule has 0 saturated heterocycles. The molecule has 2 rings (SSSR count). The summed E-state index contributed by atoms with van der Waals surface area (Å²) < 4.78 is 18.5. The first-order valence-corrected chi connectivity index (χ1v) is 5.61. The van der Waals surface area contributed by atoms with E-state index in [0.29, 0.717) is 18.8 Å². The molecule has 0 aliphatic heterocycles. The average molecular weight is 241 g/mol. The Morgan fingerprint density at radius 3 is 2.61 bits per heavy atom. The maximum atomic E-state index is 13.0. The van der Waals surface area contributed by atoms with Crippen molar-refractivity contribution < 1.29 is 9.13 Å². The Hall–Kier alpha value is -2.34. The van der Waals surface area contributed by atoms with Crippen molar-refractivity contribution in [1.29, 1.82) is 5.26 Å². The zero-order valence-electron chi connectivity index (χ0n) is 9.77. The van der Waals surface area contributed by atoms with Crippen LogP contribution in [-0.2, 0) is 13.0 Å². The Kier molecular flexibility index (Phi) is 3.93. The van der Waals surface area contributed by atoms with Crippen LogP contribution in [0.25, 0.3) is 0 Å². The molecule has 2 aromatic rings. The number of ether oxygens (including phenoxy) is 1. The highest BCUT2D eigenvalue weighted by atomic mass is 19.1. The Morgan fingerprint density at radius 2 is 1.83 bits per heavy atom. The van der Waals surface area contributed by atoms with E-state index < -0.39 is 0 Å². The first kappa shape index (κ1) is 12.1. The van der Waals surface area contributed by atoms with Gasteiger partial charge in [-0.3, -0.25) is 0 Å². The first-order chi connectivity index (χ1) is 8.78. The maximum Gasteiger partial charge on any atom is 0.123 e. The van der Waals surface area contributed by atoms with Crippen LogP contribution in [0, 0.1) is 17.1 Å². The predicted molar refractivity (Wildman–Crippen MR) is 66.5 cm³/mol. The third-order valence-electron chi connectivity index (χ3n) is 2.48. The minimum atomic E-state index is -0.269. The molecular formula is C15H12FNO. The van der Waals surface area contributed by atoms with Crippen LogP contribution in [-0.4, -0.2) is 0 Å². The third kappa shape index (κ3) is 3.33. The topological polar surface area (TPSA) is 33.0 Å². The summed E-state index contributed by atoms with van der Waals surface area (Å²) in [5.41, 5.74) is 1.69. The van der Waals surface area contributed by atoms with Crippen molar-refractivity contribution in [3.8, 4) is 11.8 Å². The predicted octanol–water partition coefficient (Wildman–Crippen LogP) is 3.47. The van der Waals surface area contributed by atoms with Gasteiger partial charge in [0.05, 0.1) is 12.5 Å². The van der Waals surface area contributed by atoms with E-state index >= 15 is 0 Å². The average Bonchev–Trinajstić information content (AvgIpc) is 2.37. The fourth-order valence-electron chi connectivity index (χ4n) is 1.63. The van der Waals surface area contributed by atoms with Crippen LogP contribution in [0.1, 0.15) is 11.1 Å². The van der Waals surface area contributed by atoms with Gasteiger partial charge in [-0.2, -0.15) is 5.26 Å². The Labute approximate surface area is 105 Å². The van der Waals surface area contributed by atoms with E-state index in [1.54, 1.807) is 6.07 Å². The summed E-state index contributed by atoms with van der Waals surface area (Å²) in [6, 6.07) is 15.7. The van der Waals surface area contributed by atoms with Crippen molar-refractivity contribution in [2.75, 3.05) is 0 Å². The van der Waals surface area contributed by atoms with E-state index in [1.807, 2.05) is 30.3 Å². The number of nitriles is 1. The van der Waals surface area contributed by atoms with Crippen molar-refractivity contribution in [2.24, 2.45) is 0 Å². The molecule has 0 saturated carbocycles. The molecule has 3 heteroatoms. The molecule has 0 spiro atoms. The molecule has 0 unspecified atom stereocenters. The number of nitrogens with zero attached hydrogens (tertiary/aromatic N) is 1. The lowest BCUT2D eigenvalue weighted by atomic mass is 10.1. The molecule has 2 nitrogen and oxygen atoms in total. The van der Waals surface area contributed by atoms with Crippen LogP contribution in [0.15, 0.2) is 48.5 Å². The molecule has 90 valence electrons. The van der Waals surface area contributed by atoms with Crippen LogP contribution in [0.2, 0.25) is 0 Å². The van der Waals surface area contributed by atoms with Crippen molar-refractivity contribution >= 4 is 0 Å². The summed E-state index contributed by atoms with van der Waals surface area (Å²) in [5, 5.41) is 8.62. The van der Waals surface area contributed by atoms with Gasteiger partial charge in [-0.05, 0) is 35.4 Å². The molecular weight excluding hydrogens is 229 g/mol. The van der Waals surface area contributed by atoms with E-state index in [4.69, 9.17) is 10.00 Å². The molecule has 0 heterocycles. The van der Waals surface area contributed by atoms with Gasteiger partial charge < -0.3 is 4.74 Å². The summed E-state index contributed by atoms with van der Waals surface area (Å²) in [6.07, 6.45) is 0.358. The highest BCUT2D eigenvalue weighted by Gasteiger charge is 1.99. The summed E-state index contributed by atoms with van der Waals surface area (Å²) in [4.78, 5) is 0. The number of benzene rings is 2. The van der Waals surface area contributed by atoms with E-state index in [1.165, 1.54) is 12.1 Å². The van der Waals surface area contributed by atoms with Crippen molar-refractivity contribution in [2.45, 2.75) is 13.0 Å². The van der Waals surface area contributed by atoms with Gasteiger partial charge >= 0.3 is 0 Å². The van der Waals surface area contributed by atoms with Crippen LogP contribution < -0.4 is 4.74 Å². The molecule has 0 aliphatic carbocycles.